The van der Waals surface area contributed by atoms with Gasteiger partial charge >= 0.3 is 5.97 Å². The fraction of sp³-hybridized carbons (Fsp3) is 0.292. The monoisotopic (exact) mass is 481 g/mol. The maximum absolute atomic E-state index is 12.6. The third-order valence-electron chi connectivity index (χ3n) is 4.79. The van der Waals surface area contributed by atoms with Gasteiger partial charge in [0.2, 0.25) is 5.91 Å². The number of carbonyl (C=O) groups is 3. The summed E-state index contributed by atoms with van der Waals surface area (Å²) in [6, 6.07) is 14.6. The van der Waals surface area contributed by atoms with Crippen molar-refractivity contribution in [3.63, 3.8) is 0 Å². The lowest BCUT2D eigenvalue weighted by Crippen LogP contribution is -2.29. The molecule has 0 spiro atoms. The van der Waals surface area contributed by atoms with Crippen molar-refractivity contribution in [2.24, 2.45) is 5.92 Å². The fourth-order valence-corrected chi connectivity index (χ4v) is 4.01. The Balaban J connectivity index is 1.68. The van der Waals surface area contributed by atoms with Gasteiger partial charge in [-0.05, 0) is 43.2 Å². The van der Waals surface area contributed by atoms with Crippen molar-refractivity contribution in [3.05, 3.63) is 71.5 Å². The summed E-state index contributed by atoms with van der Waals surface area (Å²) in [6.45, 7) is 6.60. The molecule has 0 aliphatic rings. The minimum Gasteiger partial charge on any atom is -0.478 e. The Morgan fingerprint density at radius 1 is 1.00 bits per heavy atom. The molecule has 9 nitrogen and oxygen atoms in total. The SMILES string of the molecule is CC(C)Cn1c(SCC(=O)Nc2cccc(C(=O)O)c2)nnc1[C@H](C)NC(=O)c1ccccc1. The van der Waals surface area contributed by atoms with Crippen molar-refractivity contribution in [1.82, 2.24) is 20.1 Å². The molecule has 10 heteroatoms. The quantitative estimate of drug-likeness (QED) is 0.375. The van der Waals surface area contributed by atoms with Gasteiger partial charge in [-0.3, -0.25) is 9.59 Å². The average Bonchev–Trinajstić information content (AvgIpc) is 3.20. The van der Waals surface area contributed by atoms with Crippen LogP contribution < -0.4 is 10.6 Å². The first-order valence-electron chi connectivity index (χ1n) is 10.8. The molecule has 0 saturated carbocycles. The molecular weight excluding hydrogens is 454 g/mol. The summed E-state index contributed by atoms with van der Waals surface area (Å²) >= 11 is 1.23. The zero-order valence-electron chi connectivity index (χ0n) is 19.2. The molecule has 34 heavy (non-hydrogen) atoms. The van der Waals surface area contributed by atoms with Gasteiger partial charge in [0.05, 0.1) is 17.4 Å². The van der Waals surface area contributed by atoms with Crippen LogP contribution in [-0.4, -0.2) is 43.4 Å². The summed E-state index contributed by atoms with van der Waals surface area (Å²) in [4.78, 5) is 36.1. The van der Waals surface area contributed by atoms with E-state index in [4.69, 9.17) is 5.11 Å². The number of aromatic nitrogens is 3. The molecule has 3 rings (SSSR count). The van der Waals surface area contributed by atoms with Crippen LogP contribution in [0.2, 0.25) is 0 Å². The van der Waals surface area contributed by atoms with E-state index in [0.717, 1.165) is 0 Å². The fourth-order valence-electron chi connectivity index (χ4n) is 3.26. The Kier molecular flexibility index (Phi) is 8.42. The van der Waals surface area contributed by atoms with Crippen LogP contribution in [0.3, 0.4) is 0 Å². The number of carbonyl (C=O) groups excluding carboxylic acids is 2. The number of thioether (sulfide) groups is 1. The Hall–Kier alpha value is -3.66. The molecule has 3 N–H and O–H groups in total. The van der Waals surface area contributed by atoms with E-state index in [1.807, 2.05) is 17.6 Å². The summed E-state index contributed by atoms with van der Waals surface area (Å²) in [5.41, 5.74) is 1.06. The van der Waals surface area contributed by atoms with Crippen LogP contribution in [0.15, 0.2) is 59.8 Å². The van der Waals surface area contributed by atoms with E-state index in [1.165, 1.54) is 23.9 Å². The predicted octanol–water partition coefficient (Wildman–Crippen LogP) is 3.85. The van der Waals surface area contributed by atoms with Gasteiger partial charge in [0.15, 0.2) is 11.0 Å². The van der Waals surface area contributed by atoms with Gasteiger partial charge in [0, 0.05) is 17.8 Å². The van der Waals surface area contributed by atoms with E-state index in [2.05, 4.69) is 34.7 Å². The van der Waals surface area contributed by atoms with Gasteiger partial charge in [-0.25, -0.2) is 4.79 Å². The molecule has 0 bridgehead atoms. The number of nitrogens with zero attached hydrogens (tertiary/aromatic N) is 3. The van der Waals surface area contributed by atoms with Gasteiger partial charge in [-0.1, -0.05) is 49.9 Å². The second kappa shape index (κ2) is 11.5. The molecule has 0 radical (unpaired) electrons. The van der Waals surface area contributed by atoms with E-state index in [-0.39, 0.29) is 29.2 Å². The van der Waals surface area contributed by atoms with Crippen molar-refractivity contribution < 1.29 is 19.5 Å². The maximum Gasteiger partial charge on any atom is 0.335 e. The van der Waals surface area contributed by atoms with E-state index in [0.29, 0.717) is 34.7 Å². The van der Waals surface area contributed by atoms with Crippen LogP contribution in [0, 0.1) is 5.92 Å². The number of carboxylic acid groups (broad SMARTS) is 1. The Morgan fingerprint density at radius 2 is 1.71 bits per heavy atom. The standard InChI is InChI=1S/C24H27N5O4S/c1-15(2)13-29-21(16(3)25-22(31)17-8-5-4-6-9-17)27-28-24(29)34-14-20(30)26-19-11-7-10-18(12-19)23(32)33/h4-12,15-16H,13-14H2,1-3H3,(H,25,31)(H,26,30)(H,32,33)/t16-/m0/s1. The maximum atomic E-state index is 12.6. The molecule has 2 amide bonds. The average molecular weight is 482 g/mol. The number of benzene rings is 2. The summed E-state index contributed by atoms with van der Waals surface area (Å²) in [5.74, 6) is -0.594. The summed E-state index contributed by atoms with van der Waals surface area (Å²) in [5, 5.41) is 23.9. The summed E-state index contributed by atoms with van der Waals surface area (Å²) in [7, 11) is 0. The zero-order chi connectivity index (χ0) is 24.7. The number of hydrogen-bond donors (Lipinski definition) is 3. The number of nitrogens with one attached hydrogen (secondary N) is 2. The molecule has 0 aliphatic heterocycles. The lowest BCUT2D eigenvalue weighted by Gasteiger charge is -2.17. The van der Waals surface area contributed by atoms with Gasteiger partial charge in [0.1, 0.15) is 0 Å². The summed E-state index contributed by atoms with van der Waals surface area (Å²) < 4.78 is 1.92. The topological polar surface area (TPSA) is 126 Å². The molecule has 1 heterocycles. The number of carboxylic acids is 1. The van der Waals surface area contributed by atoms with Crippen LogP contribution >= 0.6 is 11.8 Å². The molecule has 0 aliphatic carbocycles. The largest absolute Gasteiger partial charge is 0.478 e. The van der Waals surface area contributed by atoms with Crippen LogP contribution in [0.5, 0.6) is 0 Å². The van der Waals surface area contributed by atoms with Gasteiger partial charge in [-0.15, -0.1) is 10.2 Å². The van der Waals surface area contributed by atoms with Gasteiger partial charge in [-0.2, -0.15) is 0 Å². The predicted molar refractivity (Wildman–Crippen MR) is 130 cm³/mol. The van der Waals surface area contributed by atoms with Crippen molar-refractivity contribution >= 4 is 35.2 Å². The number of amides is 2. The highest BCUT2D eigenvalue weighted by Gasteiger charge is 2.21. The third kappa shape index (κ3) is 6.67. The lowest BCUT2D eigenvalue weighted by atomic mass is 10.2. The second-order valence-electron chi connectivity index (χ2n) is 8.13. The van der Waals surface area contributed by atoms with E-state index >= 15 is 0 Å². The first-order valence-corrected chi connectivity index (χ1v) is 11.8. The Morgan fingerprint density at radius 3 is 2.38 bits per heavy atom. The van der Waals surface area contributed by atoms with Crippen molar-refractivity contribution in [3.8, 4) is 0 Å². The van der Waals surface area contributed by atoms with Crippen molar-refractivity contribution in [2.45, 2.75) is 38.5 Å². The Labute approximate surface area is 202 Å². The first-order chi connectivity index (χ1) is 16.2. The third-order valence-corrected chi connectivity index (χ3v) is 5.76. The van der Waals surface area contributed by atoms with Crippen LogP contribution in [-0.2, 0) is 11.3 Å². The normalized spacial score (nSPS) is 11.8. The van der Waals surface area contributed by atoms with Crippen molar-refractivity contribution in [2.75, 3.05) is 11.1 Å². The molecule has 0 fully saturated rings. The minimum absolute atomic E-state index is 0.0677. The highest BCUT2D eigenvalue weighted by Crippen LogP contribution is 2.23. The molecule has 2 aromatic carbocycles. The van der Waals surface area contributed by atoms with E-state index in [9.17, 15) is 14.4 Å². The lowest BCUT2D eigenvalue weighted by molar-refractivity contribution is -0.113. The first kappa shape index (κ1) is 25.0. The van der Waals surface area contributed by atoms with E-state index < -0.39 is 5.97 Å². The Bertz CT molecular complexity index is 1160. The van der Waals surface area contributed by atoms with Gasteiger partial charge < -0.3 is 20.3 Å². The number of aromatic carboxylic acids is 1. The molecule has 0 saturated heterocycles. The van der Waals surface area contributed by atoms with Crippen LogP contribution in [0.4, 0.5) is 5.69 Å². The van der Waals surface area contributed by atoms with E-state index in [1.54, 1.807) is 36.4 Å². The molecular formula is C24H27N5O4S. The zero-order valence-corrected chi connectivity index (χ0v) is 20.0. The molecule has 1 aromatic heterocycles. The highest BCUT2D eigenvalue weighted by atomic mass is 32.2. The smallest absolute Gasteiger partial charge is 0.335 e. The molecule has 3 aromatic rings. The minimum atomic E-state index is -1.06. The molecule has 178 valence electrons. The molecule has 0 unspecified atom stereocenters. The number of rotatable bonds is 10. The van der Waals surface area contributed by atoms with Crippen molar-refractivity contribution in [1.29, 1.82) is 0 Å². The van der Waals surface area contributed by atoms with Crippen LogP contribution in [0.25, 0.3) is 0 Å². The molecule has 1 atom stereocenters. The van der Waals surface area contributed by atoms with Gasteiger partial charge in [0.25, 0.3) is 5.91 Å². The summed E-state index contributed by atoms with van der Waals surface area (Å²) in [6.07, 6.45) is 0. The highest BCUT2D eigenvalue weighted by molar-refractivity contribution is 7.99. The van der Waals surface area contributed by atoms with Crippen LogP contribution in [0.1, 0.15) is 53.4 Å². The second-order valence-corrected chi connectivity index (χ2v) is 9.07. The number of anilines is 1. The number of hydrogen-bond acceptors (Lipinski definition) is 6.